The Balaban J connectivity index is 2.20. The van der Waals surface area contributed by atoms with Crippen molar-refractivity contribution in [3.05, 3.63) is 100 Å². The van der Waals surface area contributed by atoms with Gasteiger partial charge >= 0.3 is 6.18 Å². The number of hydrogen-bond donors (Lipinski definition) is 1. The molecule has 1 heterocycles. The molecule has 0 aliphatic rings. The summed E-state index contributed by atoms with van der Waals surface area (Å²) in [5, 5.41) is 2.41. The summed E-state index contributed by atoms with van der Waals surface area (Å²) in [4.78, 5) is 13.2. The van der Waals surface area contributed by atoms with Gasteiger partial charge in [-0.25, -0.2) is 0 Å². The highest BCUT2D eigenvalue weighted by molar-refractivity contribution is 9.10. The largest absolute Gasteiger partial charge is 0.438 e. The summed E-state index contributed by atoms with van der Waals surface area (Å²) in [7, 11) is 0. The highest BCUT2D eigenvalue weighted by Crippen LogP contribution is 2.31. The van der Waals surface area contributed by atoms with Crippen LogP contribution in [-0.2, 0) is 0 Å². The van der Waals surface area contributed by atoms with Gasteiger partial charge in [0.15, 0.2) is 18.1 Å². The van der Waals surface area contributed by atoms with Crippen LogP contribution in [0.2, 0.25) is 0 Å². The van der Waals surface area contributed by atoms with Crippen LogP contribution < -0.4 is 9.88 Å². The van der Waals surface area contributed by atoms with E-state index < -0.39 is 23.4 Å². The summed E-state index contributed by atoms with van der Waals surface area (Å²) >= 11 is 3.27. The maximum atomic E-state index is 14.1. The zero-order valence-electron chi connectivity index (χ0n) is 15.4. The topological polar surface area (TPSA) is 33.0 Å². The number of allylic oxidation sites excluding steroid dienone is 2. The van der Waals surface area contributed by atoms with Crippen molar-refractivity contribution < 1.29 is 22.5 Å². The first-order valence-corrected chi connectivity index (χ1v) is 9.47. The molecule has 3 rings (SSSR count). The molecule has 0 aliphatic carbocycles. The van der Waals surface area contributed by atoms with Crippen LogP contribution in [0.25, 0.3) is 5.70 Å². The minimum absolute atomic E-state index is 0.145. The van der Waals surface area contributed by atoms with Crippen molar-refractivity contribution in [3.8, 4) is 0 Å². The number of ketones is 1. The highest BCUT2D eigenvalue weighted by atomic mass is 79.9. The predicted molar refractivity (Wildman–Crippen MR) is 109 cm³/mol. The third-order valence-corrected chi connectivity index (χ3v) is 4.67. The van der Waals surface area contributed by atoms with Crippen LogP contribution >= 0.6 is 15.9 Å². The first-order chi connectivity index (χ1) is 13.8. The number of hydrogen-bond acceptors (Lipinski definition) is 2. The second kappa shape index (κ2) is 8.61. The number of rotatable bonds is 5. The standard InChI is InChI=1S/C22H16BrF3N2O/c1-15-5-11-18(12-6-15)27-21(22(24,25)26)19(28-13-3-2-4-14-28)20(29)16-7-9-17(23)10-8-16/h2-14H,1H3/p+1. The number of Topliss-reactive ketones (excluding diaryl/α,β-unsaturated/α-hetero) is 1. The highest BCUT2D eigenvalue weighted by Gasteiger charge is 2.43. The van der Waals surface area contributed by atoms with Gasteiger partial charge in [0.25, 0.3) is 11.5 Å². The van der Waals surface area contributed by atoms with Crippen LogP contribution in [0, 0.1) is 6.92 Å². The van der Waals surface area contributed by atoms with Gasteiger partial charge in [-0.2, -0.15) is 17.7 Å². The van der Waals surface area contributed by atoms with E-state index in [4.69, 9.17) is 0 Å². The maximum Gasteiger partial charge on any atom is 0.438 e. The van der Waals surface area contributed by atoms with Crippen molar-refractivity contribution in [1.29, 1.82) is 0 Å². The molecule has 0 saturated heterocycles. The predicted octanol–water partition coefficient (Wildman–Crippen LogP) is 5.77. The van der Waals surface area contributed by atoms with Crippen LogP contribution in [0.5, 0.6) is 0 Å². The fraction of sp³-hybridized carbons (Fsp3) is 0.0909. The smallest absolute Gasteiger partial charge is 0.346 e. The average Bonchev–Trinajstić information content (AvgIpc) is 2.69. The summed E-state index contributed by atoms with van der Waals surface area (Å²) in [5.41, 5.74) is -0.351. The minimum atomic E-state index is -4.78. The number of carbonyl (C=O) groups excluding carboxylic acids is 1. The number of aromatic nitrogens is 1. The van der Waals surface area contributed by atoms with Crippen molar-refractivity contribution in [3.63, 3.8) is 0 Å². The van der Waals surface area contributed by atoms with Crippen LogP contribution in [-0.4, -0.2) is 12.0 Å². The van der Waals surface area contributed by atoms with E-state index in [9.17, 15) is 18.0 Å². The molecule has 7 heteroatoms. The van der Waals surface area contributed by atoms with Crippen LogP contribution in [0.3, 0.4) is 0 Å². The van der Waals surface area contributed by atoms with Crippen molar-refractivity contribution in [2.45, 2.75) is 13.1 Å². The maximum absolute atomic E-state index is 14.1. The molecule has 0 aliphatic heterocycles. The number of aryl methyl sites for hydroxylation is 1. The van der Waals surface area contributed by atoms with Crippen molar-refractivity contribution >= 4 is 33.1 Å². The number of alkyl halides is 3. The van der Waals surface area contributed by atoms with Crippen LogP contribution in [0.4, 0.5) is 18.9 Å². The normalized spacial score (nSPS) is 12.3. The third kappa shape index (κ3) is 5.12. The van der Waals surface area contributed by atoms with Gasteiger partial charge in [-0.05, 0) is 43.3 Å². The molecule has 148 valence electrons. The summed E-state index contributed by atoms with van der Waals surface area (Å²) in [6.07, 6.45) is -1.96. The lowest BCUT2D eigenvalue weighted by molar-refractivity contribution is -0.578. The number of carbonyl (C=O) groups is 1. The fourth-order valence-electron chi connectivity index (χ4n) is 2.69. The Kier molecular flexibility index (Phi) is 6.17. The van der Waals surface area contributed by atoms with E-state index in [0.717, 1.165) is 10.0 Å². The molecule has 0 unspecified atom stereocenters. The third-order valence-electron chi connectivity index (χ3n) is 4.14. The lowest BCUT2D eigenvalue weighted by Crippen LogP contribution is -2.40. The second-order valence-electron chi connectivity index (χ2n) is 6.33. The molecule has 0 fully saturated rings. The molecule has 29 heavy (non-hydrogen) atoms. The first kappa shape index (κ1) is 20.8. The lowest BCUT2D eigenvalue weighted by Gasteiger charge is -2.16. The summed E-state index contributed by atoms with van der Waals surface area (Å²) < 4.78 is 44.1. The van der Waals surface area contributed by atoms with Crippen molar-refractivity contribution in [2.24, 2.45) is 0 Å². The zero-order valence-corrected chi connectivity index (χ0v) is 17.0. The zero-order chi connectivity index (χ0) is 21.0. The minimum Gasteiger partial charge on any atom is -0.346 e. The molecule has 0 bridgehead atoms. The number of halogens is 4. The lowest BCUT2D eigenvalue weighted by atomic mass is 10.1. The number of nitrogens with zero attached hydrogens (tertiary/aromatic N) is 1. The van der Waals surface area contributed by atoms with E-state index in [1.54, 1.807) is 54.6 Å². The Hall–Kier alpha value is -2.93. The van der Waals surface area contributed by atoms with Crippen LogP contribution in [0.15, 0.2) is 89.3 Å². The monoisotopic (exact) mass is 461 g/mol. The van der Waals surface area contributed by atoms with E-state index in [1.807, 2.05) is 6.92 Å². The molecule has 0 atom stereocenters. The summed E-state index contributed by atoms with van der Waals surface area (Å²) in [6.45, 7) is 1.84. The van der Waals surface area contributed by atoms with Crippen molar-refractivity contribution in [1.82, 2.24) is 0 Å². The van der Waals surface area contributed by atoms with Gasteiger partial charge in [0, 0.05) is 27.9 Å². The van der Waals surface area contributed by atoms with E-state index in [2.05, 4.69) is 21.2 Å². The SMILES string of the molecule is Cc1ccc(NC(=C(C(=O)c2ccc(Br)cc2)[n+]2ccccc2)C(F)(F)F)cc1. The molecule has 3 nitrogen and oxygen atoms in total. The van der Waals surface area contributed by atoms with Gasteiger partial charge in [0.05, 0.1) is 0 Å². The quantitative estimate of drug-likeness (QED) is 0.297. The Morgan fingerprint density at radius 3 is 2.07 bits per heavy atom. The molecular formula is C22H17BrF3N2O+. The number of nitrogens with one attached hydrogen (secondary N) is 1. The van der Waals surface area contributed by atoms with Crippen LogP contribution in [0.1, 0.15) is 15.9 Å². The second-order valence-corrected chi connectivity index (χ2v) is 7.25. The van der Waals surface area contributed by atoms with Gasteiger partial charge < -0.3 is 5.32 Å². The van der Waals surface area contributed by atoms with E-state index >= 15 is 0 Å². The molecule has 0 amide bonds. The number of anilines is 1. The molecule has 1 N–H and O–H groups in total. The van der Waals surface area contributed by atoms with Gasteiger partial charge in [-0.3, -0.25) is 4.79 Å². The van der Waals surface area contributed by atoms with E-state index in [-0.39, 0.29) is 11.3 Å². The number of benzene rings is 2. The average molecular weight is 462 g/mol. The van der Waals surface area contributed by atoms with Gasteiger partial charge in [0.2, 0.25) is 0 Å². The van der Waals surface area contributed by atoms with E-state index in [0.29, 0.717) is 0 Å². The Bertz CT molecular complexity index is 1030. The van der Waals surface area contributed by atoms with Gasteiger partial charge in [0.1, 0.15) is 0 Å². The van der Waals surface area contributed by atoms with Crippen molar-refractivity contribution in [2.75, 3.05) is 5.32 Å². The van der Waals surface area contributed by atoms with E-state index in [1.165, 1.54) is 29.1 Å². The fourth-order valence-corrected chi connectivity index (χ4v) is 2.96. The Morgan fingerprint density at radius 1 is 0.931 bits per heavy atom. The Morgan fingerprint density at radius 2 is 1.52 bits per heavy atom. The molecule has 0 spiro atoms. The number of pyridine rings is 1. The molecule has 1 aromatic heterocycles. The molecule has 0 saturated carbocycles. The Labute approximate surface area is 174 Å². The first-order valence-electron chi connectivity index (χ1n) is 8.68. The van der Waals surface area contributed by atoms with Gasteiger partial charge in [-0.15, -0.1) is 0 Å². The summed E-state index contributed by atoms with van der Waals surface area (Å²) in [6, 6.07) is 17.5. The molecule has 3 aromatic rings. The molecule has 2 aromatic carbocycles. The summed E-state index contributed by atoms with van der Waals surface area (Å²) in [5.74, 6) is -0.749. The molecular weight excluding hydrogens is 445 g/mol. The molecule has 0 radical (unpaired) electrons. The van der Waals surface area contributed by atoms with Gasteiger partial charge in [-0.1, -0.05) is 39.7 Å².